The van der Waals surface area contributed by atoms with Gasteiger partial charge in [-0.25, -0.2) is 19.4 Å². The monoisotopic (exact) mass is 467 g/mol. The molecule has 1 aliphatic carbocycles. The molecule has 1 saturated carbocycles. The van der Waals surface area contributed by atoms with E-state index in [9.17, 15) is 4.39 Å². The molecule has 1 unspecified atom stereocenters. The predicted octanol–water partition coefficient (Wildman–Crippen LogP) is 4.23. The second-order valence-electron chi connectivity index (χ2n) is 9.31. The molecule has 8 heteroatoms. The Morgan fingerprint density at radius 1 is 1.24 bits per heavy atom. The lowest BCUT2D eigenvalue weighted by Crippen LogP contribution is -2.49. The minimum Gasteiger partial charge on any atom is -0.484 e. The third kappa shape index (κ3) is 6.11. The van der Waals surface area contributed by atoms with Gasteiger partial charge in [0.1, 0.15) is 23.6 Å². The van der Waals surface area contributed by atoms with E-state index in [2.05, 4.69) is 31.3 Å². The summed E-state index contributed by atoms with van der Waals surface area (Å²) in [6.07, 6.45) is 6.57. The van der Waals surface area contributed by atoms with Crippen molar-refractivity contribution in [1.82, 2.24) is 14.9 Å². The average molecular weight is 468 g/mol. The first-order valence-electron chi connectivity index (χ1n) is 11.9. The standard InChI is InChI=1S/C26H34FN5O2/c1-5-28-24(14-19(2)33-4)31-10-12-32(13-11-31)25-17-21(29-18-30-25)15-20-6-7-22(27)23(16-20)34-26(3)8-9-26/h5-7,16-19H,1,8-15H2,2-4H3. The zero-order valence-electron chi connectivity index (χ0n) is 20.3. The first-order chi connectivity index (χ1) is 16.4. The highest BCUT2D eigenvalue weighted by atomic mass is 19.1. The molecule has 2 aromatic rings. The maximum Gasteiger partial charge on any atom is 0.165 e. The Morgan fingerprint density at radius 2 is 2.00 bits per heavy atom. The van der Waals surface area contributed by atoms with Gasteiger partial charge in [0.25, 0.3) is 0 Å². The minimum atomic E-state index is -0.322. The lowest BCUT2D eigenvalue weighted by atomic mass is 10.1. The highest BCUT2D eigenvalue weighted by molar-refractivity contribution is 5.83. The molecular weight excluding hydrogens is 433 g/mol. The molecule has 0 N–H and O–H groups in total. The number of ether oxygens (including phenoxy) is 2. The van der Waals surface area contributed by atoms with Gasteiger partial charge in [-0.3, -0.25) is 0 Å². The number of benzene rings is 1. The van der Waals surface area contributed by atoms with Crippen LogP contribution in [0.4, 0.5) is 10.2 Å². The second kappa shape index (κ2) is 10.5. The van der Waals surface area contributed by atoms with Gasteiger partial charge in [-0.05, 0) is 44.4 Å². The van der Waals surface area contributed by atoms with Crippen molar-refractivity contribution in [1.29, 1.82) is 0 Å². The number of rotatable bonds is 9. The van der Waals surface area contributed by atoms with Crippen molar-refractivity contribution in [2.24, 2.45) is 4.99 Å². The van der Waals surface area contributed by atoms with Crippen LogP contribution in [0.3, 0.4) is 0 Å². The number of hydrogen-bond donors (Lipinski definition) is 0. The number of halogens is 1. The number of nitrogens with zero attached hydrogens (tertiary/aromatic N) is 5. The largest absolute Gasteiger partial charge is 0.484 e. The van der Waals surface area contributed by atoms with E-state index in [4.69, 9.17) is 9.47 Å². The molecular formula is C26H34FN5O2. The predicted molar refractivity (Wildman–Crippen MR) is 132 cm³/mol. The molecule has 1 aromatic carbocycles. The first-order valence-corrected chi connectivity index (χ1v) is 11.9. The molecule has 182 valence electrons. The SMILES string of the molecule is C=CN=C(CC(C)OC)N1CCN(c2cc(Cc3ccc(F)c(OC4(C)CC4)c3)ncn2)CC1. The normalized spacial score (nSPS) is 18.5. The molecule has 2 fully saturated rings. The Hall–Kier alpha value is -3.00. The summed E-state index contributed by atoms with van der Waals surface area (Å²) >= 11 is 0. The van der Waals surface area contributed by atoms with Crippen LogP contribution in [0.25, 0.3) is 0 Å². The van der Waals surface area contributed by atoms with Crippen molar-refractivity contribution in [2.45, 2.75) is 51.2 Å². The Kier molecular flexibility index (Phi) is 7.46. The van der Waals surface area contributed by atoms with Crippen molar-refractivity contribution >= 4 is 11.7 Å². The molecule has 0 bridgehead atoms. The van der Waals surface area contributed by atoms with Gasteiger partial charge in [0.15, 0.2) is 11.6 Å². The molecule has 1 aromatic heterocycles. The van der Waals surface area contributed by atoms with E-state index < -0.39 is 0 Å². The summed E-state index contributed by atoms with van der Waals surface area (Å²) < 4.78 is 25.5. The number of aliphatic imine (C=N–C) groups is 1. The summed E-state index contributed by atoms with van der Waals surface area (Å²) in [5, 5.41) is 0. The van der Waals surface area contributed by atoms with Crippen molar-refractivity contribution < 1.29 is 13.9 Å². The van der Waals surface area contributed by atoms with Crippen LogP contribution in [0.5, 0.6) is 5.75 Å². The number of aromatic nitrogens is 2. The van der Waals surface area contributed by atoms with Gasteiger partial charge in [0.2, 0.25) is 0 Å². The Balaban J connectivity index is 1.39. The van der Waals surface area contributed by atoms with Crippen LogP contribution >= 0.6 is 0 Å². The molecule has 0 radical (unpaired) electrons. The summed E-state index contributed by atoms with van der Waals surface area (Å²) in [5.41, 5.74) is 1.64. The van der Waals surface area contributed by atoms with Crippen LogP contribution in [-0.2, 0) is 11.2 Å². The zero-order valence-corrected chi connectivity index (χ0v) is 20.3. The number of piperazine rings is 1. The molecule has 1 atom stereocenters. The average Bonchev–Trinajstić information content (AvgIpc) is 3.57. The Bertz CT molecular complexity index is 1030. The van der Waals surface area contributed by atoms with Gasteiger partial charge in [-0.15, -0.1) is 0 Å². The Labute approximate surface area is 201 Å². The molecule has 2 heterocycles. The van der Waals surface area contributed by atoms with E-state index in [1.807, 2.05) is 19.9 Å². The molecule has 7 nitrogen and oxygen atoms in total. The highest BCUT2D eigenvalue weighted by Gasteiger charge is 2.40. The molecule has 0 spiro atoms. The number of methoxy groups -OCH3 is 1. The summed E-state index contributed by atoms with van der Waals surface area (Å²) in [7, 11) is 1.72. The van der Waals surface area contributed by atoms with Gasteiger partial charge in [-0.2, -0.15) is 0 Å². The molecule has 1 saturated heterocycles. The fourth-order valence-electron chi connectivity index (χ4n) is 4.05. The van der Waals surface area contributed by atoms with Gasteiger partial charge in [0.05, 0.1) is 11.8 Å². The van der Waals surface area contributed by atoms with Gasteiger partial charge < -0.3 is 19.3 Å². The quantitative estimate of drug-likeness (QED) is 0.406. The maximum absolute atomic E-state index is 14.2. The van der Waals surface area contributed by atoms with Crippen LogP contribution in [0, 0.1) is 5.82 Å². The van der Waals surface area contributed by atoms with Crippen molar-refractivity contribution in [3.8, 4) is 5.75 Å². The summed E-state index contributed by atoms with van der Waals surface area (Å²) in [4.78, 5) is 18.0. The van der Waals surface area contributed by atoms with Crippen molar-refractivity contribution in [3.05, 3.63) is 60.4 Å². The summed E-state index contributed by atoms with van der Waals surface area (Å²) in [6, 6.07) is 7.08. The van der Waals surface area contributed by atoms with Gasteiger partial charge in [0, 0.05) is 58.4 Å². The lowest BCUT2D eigenvalue weighted by Gasteiger charge is -2.37. The third-order valence-electron chi connectivity index (χ3n) is 6.48. The Morgan fingerprint density at radius 3 is 2.68 bits per heavy atom. The summed E-state index contributed by atoms with van der Waals surface area (Å²) in [6.45, 7) is 11.2. The van der Waals surface area contributed by atoms with Crippen molar-refractivity contribution in [3.63, 3.8) is 0 Å². The lowest BCUT2D eigenvalue weighted by molar-refractivity contribution is 0.121. The molecule has 34 heavy (non-hydrogen) atoms. The fourth-order valence-corrected chi connectivity index (χ4v) is 4.05. The topological polar surface area (TPSA) is 63.1 Å². The first kappa shape index (κ1) is 24.1. The number of anilines is 1. The summed E-state index contributed by atoms with van der Waals surface area (Å²) in [5.74, 6) is 1.91. The van der Waals surface area contributed by atoms with E-state index in [1.54, 1.807) is 31.8 Å². The third-order valence-corrected chi connectivity index (χ3v) is 6.48. The smallest absolute Gasteiger partial charge is 0.165 e. The maximum atomic E-state index is 14.2. The second-order valence-corrected chi connectivity index (χ2v) is 9.31. The van der Waals surface area contributed by atoms with E-state index in [1.165, 1.54) is 6.07 Å². The molecule has 2 aliphatic rings. The van der Waals surface area contributed by atoms with E-state index in [0.717, 1.165) is 68.4 Å². The van der Waals surface area contributed by atoms with Crippen LogP contribution in [0.1, 0.15) is 44.4 Å². The minimum absolute atomic E-state index is 0.102. The van der Waals surface area contributed by atoms with E-state index >= 15 is 0 Å². The van der Waals surface area contributed by atoms with Crippen LogP contribution < -0.4 is 9.64 Å². The van der Waals surface area contributed by atoms with Crippen LogP contribution in [0.2, 0.25) is 0 Å². The van der Waals surface area contributed by atoms with E-state index in [-0.39, 0.29) is 17.5 Å². The molecule has 0 amide bonds. The number of amidine groups is 1. The van der Waals surface area contributed by atoms with Gasteiger partial charge >= 0.3 is 0 Å². The van der Waals surface area contributed by atoms with Crippen LogP contribution in [0.15, 0.2) is 48.4 Å². The zero-order chi connectivity index (χ0) is 24.1. The molecule has 1 aliphatic heterocycles. The van der Waals surface area contributed by atoms with Gasteiger partial charge in [-0.1, -0.05) is 12.6 Å². The molecule has 4 rings (SSSR count). The van der Waals surface area contributed by atoms with Crippen LogP contribution in [-0.4, -0.2) is 65.7 Å². The highest BCUT2D eigenvalue weighted by Crippen LogP contribution is 2.40. The number of hydrogen-bond acceptors (Lipinski definition) is 6. The fraction of sp³-hybridized carbons (Fsp3) is 0.500. The van der Waals surface area contributed by atoms with Crippen molar-refractivity contribution in [2.75, 3.05) is 38.2 Å². The van der Waals surface area contributed by atoms with E-state index in [0.29, 0.717) is 12.2 Å².